The van der Waals surface area contributed by atoms with Crippen LogP contribution < -0.4 is 10.6 Å². The Morgan fingerprint density at radius 3 is 2.94 bits per heavy atom. The van der Waals surface area contributed by atoms with Gasteiger partial charge < -0.3 is 10.6 Å². The molecule has 1 heterocycles. The van der Waals surface area contributed by atoms with E-state index in [9.17, 15) is 4.79 Å². The summed E-state index contributed by atoms with van der Waals surface area (Å²) in [6.45, 7) is 5.57. The van der Waals surface area contributed by atoms with Gasteiger partial charge >= 0.3 is 0 Å². The Bertz CT molecular complexity index is 387. The van der Waals surface area contributed by atoms with Gasteiger partial charge in [0.25, 0.3) is 0 Å². The van der Waals surface area contributed by atoms with Gasteiger partial charge in [-0.05, 0) is 25.0 Å². The summed E-state index contributed by atoms with van der Waals surface area (Å²) >= 11 is 0. The Morgan fingerprint density at radius 2 is 2.19 bits per heavy atom. The van der Waals surface area contributed by atoms with Gasteiger partial charge in [-0.25, -0.2) is 0 Å². The number of hydrogen-bond donors (Lipinski definition) is 2. The standard InChI is InChI=1S/C13H18N2O/c1-9(2)15-13(16)12-8-14-7-10-5-3-4-6-11(10)12/h3-6,9,12,14H,7-8H2,1-2H3,(H,15,16). The summed E-state index contributed by atoms with van der Waals surface area (Å²) in [6.07, 6.45) is 0. The Hall–Kier alpha value is -1.35. The van der Waals surface area contributed by atoms with Crippen molar-refractivity contribution in [3.8, 4) is 0 Å². The smallest absolute Gasteiger partial charge is 0.229 e. The average Bonchev–Trinajstić information content (AvgIpc) is 2.27. The van der Waals surface area contributed by atoms with E-state index in [-0.39, 0.29) is 17.9 Å². The zero-order chi connectivity index (χ0) is 11.5. The minimum absolute atomic E-state index is 0.0488. The zero-order valence-electron chi connectivity index (χ0n) is 9.79. The summed E-state index contributed by atoms with van der Waals surface area (Å²) in [7, 11) is 0. The van der Waals surface area contributed by atoms with Crippen molar-refractivity contribution in [2.75, 3.05) is 6.54 Å². The van der Waals surface area contributed by atoms with Gasteiger partial charge in [-0.1, -0.05) is 24.3 Å². The van der Waals surface area contributed by atoms with Gasteiger partial charge in [-0.3, -0.25) is 4.79 Å². The fourth-order valence-electron chi connectivity index (χ4n) is 2.12. The molecule has 0 fully saturated rings. The van der Waals surface area contributed by atoms with E-state index < -0.39 is 0 Å². The van der Waals surface area contributed by atoms with Crippen LogP contribution >= 0.6 is 0 Å². The molecule has 1 aromatic carbocycles. The third-order valence-electron chi connectivity index (χ3n) is 2.84. The average molecular weight is 218 g/mol. The molecule has 0 spiro atoms. The fourth-order valence-corrected chi connectivity index (χ4v) is 2.12. The second-order valence-electron chi connectivity index (χ2n) is 4.55. The zero-order valence-corrected chi connectivity index (χ0v) is 9.79. The van der Waals surface area contributed by atoms with Crippen LogP contribution in [0.3, 0.4) is 0 Å². The van der Waals surface area contributed by atoms with Crippen LogP contribution in [0, 0.1) is 0 Å². The largest absolute Gasteiger partial charge is 0.353 e. The highest BCUT2D eigenvalue weighted by Crippen LogP contribution is 2.23. The monoisotopic (exact) mass is 218 g/mol. The molecule has 0 aliphatic carbocycles. The van der Waals surface area contributed by atoms with Crippen molar-refractivity contribution in [1.82, 2.24) is 10.6 Å². The van der Waals surface area contributed by atoms with Gasteiger partial charge in [-0.2, -0.15) is 0 Å². The summed E-state index contributed by atoms with van der Waals surface area (Å²) in [5, 5.41) is 6.26. The molecule has 3 heteroatoms. The van der Waals surface area contributed by atoms with E-state index in [1.54, 1.807) is 0 Å². The Labute approximate surface area is 96.2 Å². The van der Waals surface area contributed by atoms with Gasteiger partial charge in [0.15, 0.2) is 0 Å². The minimum Gasteiger partial charge on any atom is -0.353 e. The van der Waals surface area contributed by atoms with E-state index in [1.807, 2.05) is 26.0 Å². The van der Waals surface area contributed by atoms with Crippen LogP contribution in [0.1, 0.15) is 30.9 Å². The van der Waals surface area contributed by atoms with E-state index in [0.29, 0.717) is 0 Å². The maximum Gasteiger partial charge on any atom is 0.229 e. The van der Waals surface area contributed by atoms with Crippen LogP contribution in [-0.4, -0.2) is 18.5 Å². The fraction of sp³-hybridized carbons (Fsp3) is 0.462. The summed E-state index contributed by atoms with van der Waals surface area (Å²) in [5.41, 5.74) is 2.40. The second-order valence-corrected chi connectivity index (χ2v) is 4.55. The van der Waals surface area contributed by atoms with Crippen molar-refractivity contribution in [3.05, 3.63) is 35.4 Å². The molecule has 0 aromatic heterocycles. The first-order valence-corrected chi connectivity index (χ1v) is 5.77. The molecule has 1 atom stereocenters. The van der Waals surface area contributed by atoms with Crippen LogP contribution in [0.5, 0.6) is 0 Å². The van der Waals surface area contributed by atoms with Crippen molar-refractivity contribution in [2.24, 2.45) is 0 Å². The normalized spacial score (nSPS) is 19.3. The first kappa shape index (κ1) is 11.1. The van der Waals surface area contributed by atoms with E-state index in [0.717, 1.165) is 13.1 Å². The number of rotatable bonds is 2. The summed E-state index contributed by atoms with van der Waals surface area (Å²) in [4.78, 5) is 12.0. The van der Waals surface area contributed by atoms with Crippen molar-refractivity contribution in [3.63, 3.8) is 0 Å². The van der Waals surface area contributed by atoms with Crippen LogP contribution in [0.25, 0.3) is 0 Å². The van der Waals surface area contributed by atoms with Crippen LogP contribution in [0.4, 0.5) is 0 Å². The summed E-state index contributed by atoms with van der Waals surface area (Å²) < 4.78 is 0. The van der Waals surface area contributed by atoms with Crippen LogP contribution in [-0.2, 0) is 11.3 Å². The molecule has 0 bridgehead atoms. The van der Waals surface area contributed by atoms with Crippen molar-refractivity contribution in [2.45, 2.75) is 32.4 Å². The topological polar surface area (TPSA) is 41.1 Å². The number of amides is 1. The van der Waals surface area contributed by atoms with Crippen LogP contribution in [0.15, 0.2) is 24.3 Å². The van der Waals surface area contributed by atoms with E-state index in [4.69, 9.17) is 0 Å². The molecule has 0 saturated heterocycles. The van der Waals surface area contributed by atoms with Crippen LogP contribution in [0.2, 0.25) is 0 Å². The molecule has 2 N–H and O–H groups in total. The highest BCUT2D eigenvalue weighted by molar-refractivity contribution is 5.84. The lowest BCUT2D eigenvalue weighted by Gasteiger charge is -2.26. The van der Waals surface area contributed by atoms with Gasteiger partial charge in [0, 0.05) is 19.1 Å². The molecule has 0 radical (unpaired) electrons. The molecular formula is C13H18N2O. The van der Waals surface area contributed by atoms with Crippen molar-refractivity contribution >= 4 is 5.91 Å². The predicted octanol–water partition coefficient (Wildman–Crippen LogP) is 1.40. The van der Waals surface area contributed by atoms with Gasteiger partial charge in [0.2, 0.25) is 5.91 Å². The lowest BCUT2D eigenvalue weighted by atomic mass is 9.90. The van der Waals surface area contributed by atoms with E-state index in [1.165, 1.54) is 11.1 Å². The molecule has 3 nitrogen and oxygen atoms in total. The molecule has 16 heavy (non-hydrogen) atoms. The quantitative estimate of drug-likeness (QED) is 0.787. The molecule has 1 amide bonds. The molecule has 2 rings (SSSR count). The SMILES string of the molecule is CC(C)NC(=O)C1CNCc2ccccc21. The third-order valence-corrected chi connectivity index (χ3v) is 2.84. The highest BCUT2D eigenvalue weighted by atomic mass is 16.1. The Kier molecular flexibility index (Phi) is 3.25. The number of fused-ring (bicyclic) bond motifs is 1. The van der Waals surface area contributed by atoms with Crippen molar-refractivity contribution < 1.29 is 4.79 Å². The molecular weight excluding hydrogens is 200 g/mol. The lowest BCUT2D eigenvalue weighted by molar-refractivity contribution is -0.123. The van der Waals surface area contributed by atoms with Crippen molar-refractivity contribution in [1.29, 1.82) is 0 Å². The van der Waals surface area contributed by atoms with E-state index in [2.05, 4.69) is 22.8 Å². The number of hydrogen-bond acceptors (Lipinski definition) is 2. The lowest BCUT2D eigenvalue weighted by Crippen LogP contribution is -2.41. The van der Waals surface area contributed by atoms with E-state index >= 15 is 0 Å². The molecule has 86 valence electrons. The van der Waals surface area contributed by atoms with Gasteiger partial charge in [0.05, 0.1) is 5.92 Å². The third kappa shape index (κ3) is 2.25. The Balaban J connectivity index is 2.21. The maximum absolute atomic E-state index is 12.0. The molecule has 1 unspecified atom stereocenters. The maximum atomic E-state index is 12.0. The number of benzene rings is 1. The predicted molar refractivity (Wildman–Crippen MR) is 64.2 cm³/mol. The molecule has 0 saturated carbocycles. The molecule has 1 aliphatic heterocycles. The first-order valence-electron chi connectivity index (χ1n) is 5.77. The molecule has 1 aliphatic rings. The Morgan fingerprint density at radius 1 is 1.44 bits per heavy atom. The molecule has 1 aromatic rings. The number of nitrogens with one attached hydrogen (secondary N) is 2. The second kappa shape index (κ2) is 4.66. The summed E-state index contributed by atoms with van der Waals surface area (Å²) in [6, 6.07) is 8.35. The minimum atomic E-state index is -0.0488. The number of carbonyl (C=O) groups is 1. The number of carbonyl (C=O) groups excluding carboxylic acids is 1. The summed E-state index contributed by atoms with van der Waals surface area (Å²) in [5.74, 6) is 0.0713. The van der Waals surface area contributed by atoms with Gasteiger partial charge in [-0.15, -0.1) is 0 Å². The first-order chi connectivity index (χ1) is 7.68. The van der Waals surface area contributed by atoms with Gasteiger partial charge in [0.1, 0.15) is 0 Å². The highest BCUT2D eigenvalue weighted by Gasteiger charge is 2.25.